The maximum Gasteiger partial charge on any atom is 0.254 e. The van der Waals surface area contributed by atoms with Gasteiger partial charge in [0, 0.05) is 20.7 Å². The lowest BCUT2D eigenvalue weighted by Crippen LogP contribution is -2.54. The van der Waals surface area contributed by atoms with Gasteiger partial charge in [0.25, 0.3) is 5.91 Å². The van der Waals surface area contributed by atoms with Crippen molar-refractivity contribution in [1.82, 2.24) is 10.2 Å². The Morgan fingerprint density at radius 3 is 2.56 bits per heavy atom. The zero-order valence-electron chi connectivity index (χ0n) is 10.3. The van der Waals surface area contributed by atoms with Gasteiger partial charge in [-0.05, 0) is 44.7 Å². The summed E-state index contributed by atoms with van der Waals surface area (Å²) in [6, 6.07) is 0. The van der Waals surface area contributed by atoms with E-state index in [1.54, 1.807) is 7.11 Å². The average Bonchev–Trinajstić information content (AvgIpc) is 3.12. The highest BCUT2D eigenvalue weighted by atomic mass is 16.5. The third kappa shape index (κ3) is 2.38. The van der Waals surface area contributed by atoms with Crippen LogP contribution in [0.25, 0.3) is 0 Å². The Morgan fingerprint density at radius 2 is 2.06 bits per heavy atom. The highest BCUT2D eigenvalue weighted by Crippen LogP contribution is 2.31. The van der Waals surface area contributed by atoms with E-state index >= 15 is 0 Å². The van der Waals surface area contributed by atoms with Crippen molar-refractivity contribution >= 4 is 5.91 Å². The minimum absolute atomic E-state index is 0.170. The summed E-state index contributed by atoms with van der Waals surface area (Å²) in [5.74, 6) is 0.910. The molecule has 0 atom stereocenters. The summed E-state index contributed by atoms with van der Waals surface area (Å²) in [6.07, 6.45) is 4.13. The minimum Gasteiger partial charge on any atom is -0.368 e. The van der Waals surface area contributed by atoms with Crippen LogP contribution in [0.4, 0.5) is 0 Å². The molecule has 0 aromatic heterocycles. The van der Waals surface area contributed by atoms with E-state index in [4.69, 9.17) is 4.74 Å². The van der Waals surface area contributed by atoms with Gasteiger partial charge in [-0.1, -0.05) is 0 Å². The lowest BCUT2D eigenvalue weighted by Gasteiger charge is -2.37. The van der Waals surface area contributed by atoms with Crippen LogP contribution in [0, 0.1) is 5.92 Å². The lowest BCUT2D eigenvalue weighted by atomic mass is 9.90. The van der Waals surface area contributed by atoms with E-state index in [9.17, 15) is 4.79 Å². The number of nitrogens with zero attached hydrogens (tertiary/aromatic N) is 1. The molecule has 1 saturated carbocycles. The predicted octanol–water partition coefficient (Wildman–Crippen LogP) is 0.623. The van der Waals surface area contributed by atoms with Crippen LogP contribution >= 0.6 is 0 Å². The number of carbonyl (C=O) groups excluding carboxylic acids is 1. The number of ether oxygens (including phenoxy) is 1. The smallest absolute Gasteiger partial charge is 0.254 e. The second kappa shape index (κ2) is 4.72. The van der Waals surface area contributed by atoms with Gasteiger partial charge in [0.1, 0.15) is 5.60 Å². The Labute approximate surface area is 97.3 Å². The first-order valence-corrected chi connectivity index (χ1v) is 6.19. The normalized spacial score (nSPS) is 24.1. The number of likely N-dealkylation sites (N-methyl/N-ethyl adjacent to an activating group) is 1. The zero-order valence-corrected chi connectivity index (χ0v) is 10.3. The summed E-state index contributed by atoms with van der Waals surface area (Å²) >= 11 is 0. The topological polar surface area (TPSA) is 41.6 Å². The van der Waals surface area contributed by atoms with Crippen molar-refractivity contribution in [3.05, 3.63) is 0 Å². The molecule has 0 aromatic carbocycles. The fourth-order valence-electron chi connectivity index (χ4n) is 2.45. The summed E-state index contributed by atoms with van der Waals surface area (Å²) < 4.78 is 5.53. The van der Waals surface area contributed by atoms with Gasteiger partial charge in [0.05, 0.1) is 0 Å². The third-order valence-corrected chi connectivity index (χ3v) is 3.77. The van der Waals surface area contributed by atoms with Crippen LogP contribution in [0.5, 0.6) is 0 Å². The summed E-state index contributed by atoms with van der Waals surface area (Å²) in [5.41, 5.74) is -0.561. The van der Waals surface area contributed by atoms with Crippen LogP contribution in [-0.2, 0) is 9.53 Å². The quantitative estimate of drug-likeness (QED) is 0.764. The molecule has 2 rings (SSSR count). The van der Waals surface area contributed by atoms with Crippen molar-refractivity contribution in [2.24, 2.45) is 5.92 Å². The van der Waals surface area contributed by atoms with Crippen LogP contribution in [0.1, 0.15) is 25.7 Å². The van der Waals surface area contributed by atoms with Gasteiger partial charge in [-0.3, -0.25) is 4.79 Å². The number of piperidine rings is 1. The second-order valence-corrected chi connectivity index (χ2v) is 5.08. The maximum atomic E-state index is 12.4. The molecule has 1 amide bonds. The molecule has 0 radical (unpaired) electrons. The first-order valence-electron chi connectivity index (χ1n) is 6.19. The summed E-state index contributed by atoms with van der Waals surface area (Å²) in [4.78, 5) is 14.3. The molecular formula is C12H22N2O2. The molecule has 4 nitrogen and oxygen atoms in total. The number of hydrogen-bond acceptors (Lipinski definition) is 3. The molecule has 0 unspecified atom stereocenters. The van der Waals surface area contributed by atoms with Gasteiger partial charge in [-0.15, -0.1) is 0 Å². The molecule has 0 aromatic rings. The van der Waals surface area contributed by atoms with Crippen LogP contribution in [0.3, 0.4) is 0 Å². The summed E-state index contributed by atoms with van der Waals surface area (Å²) in [5, 5.41) is 3.27. The second-order valence-electron chi connectivity index (χ2n) is 5.08. The SMILES string of the molecule is COC1(C(=O)N(C)CC2CC2)CCNCC1. The van der Waals surface area contributed by atoms with Crippen molar-refractivity contribution in [3.63, 3.8) is 0 Å². The molecule has 4 heteroatoms. The highest BCUT2D eigenvalue weighted by Gasteiger charge is 2.42. The van der Waals surface area contributed by atoms with Crippen molar-refractivity contribution in [3.8, 4) is 0 Å². The summed E-state index contributed by atoms with van der Waals surface area (Å²) in [6.45, 7) is 2.64. The van der Waals surface area contributed by atoms with Gasteiger partial charge >= 0.3 is 0 Å². The molecule has 0 bridgehead atoms. The minimum atomic E-state index is -0.561. The van der Waals surface area contributed by atoms with Crippen molar-refractivity contribution in [2.75, 3.05) is 33.8 Å². The Hall–Kier alpha value is -0.610. The molecule has 1 heterocycles. The first-order chi connectivity index (χ1) is 7.68. The van der Waals surface area contributed by atoms with Crippen LogP contribution in [-0.4, -0.2) is 50.2 Å². The van der Waals surface area contributed by atoms with Crippen molar-refractivity contribution in [2.45, 2.75) is 31.3 Å². The largest absolute Gasteiger partial charge is 0.368 e. The standard InChI is InChI=1S/C12H22N2O2/c1-14(9-10-3-4-10)11(15)12(16-2)5-7-13-8-6-12/h10,13H,3-9H2,1-2H3. The molecule has 0 spiro atoms. The van der Waals surface area contributed by atoms with E-state index in [-0.39, 0.29) is 5.91 Å². The van der Waals surface area contributed by atoms with Gasteiger partial charge in [-0.2, -0.15) is 0 Å². The number of hydrogen-bond donors (Lipinski definition) is 1. The molecule has 92 valence electrons. The molecular weight excluding hydrogens is 204 g/mol. The summed E-state index contributed by atoms with van der Waals surface area (Å²) in [7, 11) is 3.57. The highest BCUT2D eigenvalue weighted by molar-refractivity contribution is 5.85. The van der Waals surface area contributed by atoms with E-state index in [2.05, 4.69) is 5.32 Å². The zero-order chi connectivity index (χ0) is 11.6. The number of carbonyl (C=O) groups is 1. The molecule has 2 aliphatic rings. The van der Waals surface area contributed by atoms with Crippen LogP contribution < -0.4 is 5.32 Å². The van der Waals surface area contributed by atoms with E-state index in [1.165, 1.54) is 12.8 Å². The Balaban J connectivity index is 1.97. The molecule has 1 aliphatic carbocycles. The maximum absolute atomic E-state index is 12.4. The number of methoxy groups -OCH3 is 1. The molecule has 16 heavy (non-hydrogen) atoms. The molecule has 1 aliphatic heterocycles. The average molecular weight is 226 g/mol. The fourth-order valence-corrected chi connectivity index (χ4v) is 2.45. The van der Waals surface area contributed by atoms with E-state index in [0.717, 1.165) is 38.4 Å². The predicted molar refractivity (Wildman–Crippen MR) is 62.2 cm³/mol. The molecule has 2 fully saturated rings. The van der Waals surface area contributed by atoms with Gasteiger partial charge in [0.15, 0.2) is 0 Å². The number of nitrogens with one attached hydrogen (secondary N) is 1. The molecule has 1 N–H and O–H groups in total. The van der Waals surface area contributed by atoms with E-state index < -0.39 is 5.60 Å². The third-order valence-electron chi connectivity index (χ3n) is 3.77. The van der Waals surface area contributed by atoms with Crippen LogP contribution in [0.2, 0.25) is 0 Å². The monoisotopic (exact) mass is 226 g/mol. The number of amides is 1. The van der Waals surface area contributed by atoms with Gasteiger partial charge < -0.3 is 15.0 Å². The number of rotatable bonds is 4. The van der Waals surface area contributed by atoms with Gasteiger partial charge in [-0.25, -0.2) is 0 Å². The fraction of sp³-hybridized carbons (Fsp3) is 0.917. The van der Waals surface area contributed by atoms with Gasteiger partial charge in [0.2, 0.25) is 0 Å². The van der Waals surface area contributed by atoms with E-state index in [1.807, 2.05) is 11.9 Å². The Bertz CT molecular complexity index is 258. The van der Waals surface area contributed by atoms with Crippen LogP contribution in [0.15, 0.2) is 0 Å². The molecule has 1 saturated heterocycles. The Morgan fingerprint density at radius 1 is 1.44 bits per heavy atom. The lowest BCUT2D eigenvalue weighted by molar-refractivity contribution is -0.157. The van der Waals surface area contributed by atoms with E-state index in [0.29, 0.717) is 0 Å². The van der Waals surface area contributed by atoms with Crippen molar-refractivity contribution < 1.29 is 9.53 Å². The Kier molecular flexibility index (Phi) is 3.50. The first kappa shape index (κ1) is 11.9. The van der Waals surface area contributed by atoms with Crippen molar-refractivity contribution in [1.29, 1.82) is 0 Å².